The molecular formula is C10H12ClNS. The molecule has 0 spiro atoms. The number of benzene rings is 1. The van der Waals surface area contributed by atoms with Crippen molar-refractivity contribution < 1.29 is 0 Å². The zero-order chi connectivity index (χ0) is 9.42. The second-order valence-corrected chi connectivity index (χ2v) is 5.20. The normalized spacial score (nSPS) is 26.1. The van der Waals surface area contributed by atoms with E-state index in [1.807, 2.05) is 23.9 Å². The van der Waals surface area contributed by atoms with E-state index in [4.69, 9.17) is 17.3 Å². The van der Waals surface area contributed by atoms with E-state index in [0.29, 0.717) is 11.2 Å². The van der Waals surface area contributed by atoms with Crippen LogP contribution in [0.5, 0.6) is 0 Å². The van der Waals surface area contributed by atoms with Gasteiger partial charge < -0.3 is 5.73 Å². The molecular weight excluding hydrogens is 202 g/mol. The Morgan fingerprint density at radius 1 is 1.54 bits per heavy atom. The molecule has 2 unspecified atom stereocenters. The first-order valence-corrected chi connectivity index (χ1v) is 5.64. The van der Waals surface area contributed by atoms with E-state index in [1.165, 1.54) is 10.5 Å². The highest BCUT2D eigenvalue weighted by atomic mass is 35.5. The van der Waals surface area contributed by atoms with Gasteiger partial charge >= 0.3 is 0 Å². The summed E-state index contributed by atoms with van der Waals surface area (Å²) in [6.45, 7) is 2.94. The maximum absolute atomic E-state index is 5.92. The molecule has 0 saturated heterocycles. The predicted molar refractivity (Wildman–Crippen MR) is 58.6 cm³/mol. The van der Waals surface area contributed by atoms with Crippen LogP contribution >= 0.6 is 23.4 Å². The van der Waals surface area contributed by atoms with Crippen LogP contribution in [0.4, 0.5) is 0 Å². The molecule has 0 fully saturated rings. The molecule has 70 valence electrons. The van der Waals surface area contributed by atoms with Crippen LogP contribution in [0.3, 0.4) is 0 Å². The second kappa shape index (κ2) is 3.52. The van der Waals surface area contributed by atoms with Gasteiger partial charge in [0.15, 0.2) is 0 Å². The molecule has 3 heteroatoms. The predicted octanol–water partition coefficient (Wildman–Crippen LogP) is 2.88. The number of hydrogen-bond acceptors (Lipinski definition) is 2. The van der Waals surface area contributed by atoms with Gasteiger partial charge in [0.1, 0.15) is 0 Å². The smallest absolute Gasteiger partial charge is 0.0417 e. The SMILES string of the molecule is CC1Sc2cc(Cl)ccc2C1CN. The summed E-state index contributed by atoms with van der Waals surface area (Å²) in [6, 6.07) is 6.08. The van der Waals surface area contributed by atoms with Crippen molar-refractivity contribution in [3.8, 4) is 0 Å². The highest BCUT2D eigenvalue weighted by Gasteiger charge is 2.28. The number of fused-ring (bicyclic) bond motifs is 1. The van der Waals surface area contributed by atoms with Crippen molar-refractivity contribution in [1.82, 2.24) is 0 Å². The van der Waals surface area contributed by atoms with Crippen LogP contribution in [0.25, 0.3) is 0 Å². The van der Waals surface area contributed by atoms with Crippen LogP contribution in [0.15, 0.2) is 23.1 Å². The maximum Gasteiger partial charge on any atom is 0.0417 e. The Morgan fingerprint density at radius 3 is 3.00 bits per heavy atom. The number of nitrogens with two attached hydrogens (primary N) is 1. The lowest BCUT2D eigenvalue weighted by atomic mass is 9.97. The molecule has 1 heterocycles. The van der Waals surface area contributed by atoms with E-state index in [-0.39, 0.29) is 0 Å². The molecule has 2 N–H and O–H groups in total. The van der Waals surface area contributed by atoms with Crippen LogP contribution in [0.1, 0.15) is 18.4 Å². The van der Waals surface area contributed by atoms with Crippen LogP contribution in [-0.4, -0.2) is 11.8 Å². The summed E-state index contributed by atoms with van der Waals surface area (Å²) in [5.74, 6) is 0.497. The molecule has 13 heavy (non-hydrogen) atoms. The zero-order valence-electron chi connectivity index (χ0n) is 7.46. The minimum atomic E-state index is 0.497. The number of halogens is 1. The molecule has 1 aliphatic heterocycles. The molecule has 0 bridgehead atoms. The van der Waals surface area contributed by atoms with Crippen molar-refractivity contribution >= 4 is 23.4 Å². The topological polar surface area (TPSA) is 26.0 Å². The molecule has 1 aromatic rings. The van der Waals surface area contributed by atoms with Crippen molar-refractivity contribution in [2.45, 2.75) is 23.0 Å². The molecule has 0 aromatic heterocycles. The Hall–Kier alpha value is -0.180. The van der Waals surface area contributed by atoms with E-state index >= 15 is 0 Å². The molecule has 1 aromatic carbocycles. The maximum atomic E-state index is 5.92. The molecule has 2 atom stereocenters. The van der Waals surface area contributed by atoms with Crippen molar-refractivity contribution in [2.24, 2.45) is 5.73 Å². The summed E-state index contributed by atoms with van der Waals surface area (Å²) in [4.78, 5) is 1.30. The van der Waals surface area contributed by atoms with Crippen molar-refractivity contribution in [3.05, 3.63) is 28.8 Å². The van der Waals surface area contributed by atoms with Crippen molar-refractivity contribution in [3.63, 3.8) is 0 Å². The van der Waals surface area contributed by atoms with E-state index in [9.17, 15) is 0 Å². The fourth-order valence-electron chi connectivity index (χ4n) is 1.77. The lowest BCUT2D eigenvalue weighted by Crippen LogP contribution is -2.17. The summed E-state index contributed by atoms with van der Waals surface area (Å²) in [6.07, 6.45) is 0. The number of hydrogen-bond donors (Lipinski definition) is 1. The minimum Gasteiger partial charge on any atom is -0.330 e. The standard InChI is InChI=1S/C10H12ClNS/c1-6-9(5-12)8-3-2-7(11)4-10(8)13-6/h2-4,6,9H,5,12H2,1H3. The van der Waals surface area contributed by atoms with Gasteiger partial charge in [0.2, 0.25) is 0 Å². The molecule has 0 saturated carbocycles. The fourth-order valence-corrected chi connectivity index (χ4v) is 3.38. The Bertz CT molecular complexity index is 327. The van der Waals surface area contributed by atoms with Crippen LogP contribution in [0.2, 0.25) is 5.02 Å². The van der Waals surface area contributed by atoms with Crippen LogP contribution < -0.4 is 5.73 Å². The van der Waals surface area contributed by atoms with Crippen molar-refractivity contribution in [2.75, 3.05) is 6.54 Å². The molecule has 2 rings (SSSR count). The Kier molecular flexibility index (Phi) is 2.54. The highest BCUT2D eigenvalue weighted by Crippen LogP contribution is 2.45. The monoisotopic (exact) mass is 213 g/mol. The third kappa shape index (κ3) is 1.58. The van der Waals surface area contributed by atoms with Crippen LogP contribution in [-0.2, 0) is 0 Å². The minimum absolute atomic E-state index is 0.497. The van der Waals surface area contributed by atoms with Gasteiger partial charge in [0.05, 0.1) is 0 Å². The second-order valence-electron chi connectivity index (χ2n) is 3.35. The largest absolute Gasteiger partial charge is 0.330 e. The van der Waals surface area contributed by atoms with Gasteiger partial charge in [0.25, 0.3) is 0 Å². The van der Waals surface area contributed by atoms with Crippen molar-refractivity contribution in [1.29, 1.82) is 0 Å². The van der Waals surface area contributed by atoms with Gasteiger partial charge in [-0.25, -0.2) is 0 Å². The summed E-state index contributed by atoms with van der Waals surface area (Å²) in [7, 11) is 0. The van der Waals surface area contributed by atoms with E-state index < -0.39 is 0 Å². The molecule has 0 radical (unpaired) electrons. The molecule has 1 aliphatic rings. The van der Waals surface area contributed by atoms with Gasteiger partial charge in [-0.3, -0.25) is 0 Å². The lowest BCUT2D eigenvalue weighted by molar-refractivity contribution is 0.697. The lowest BCUT2D eigenvalue weighted by Gasteiger charge is -2.11. The first-order valence-electron chi connectivity index (χ1n) is 4.38. The zero-order valence-corrected chi connectivity index (χ0v) is 9.03. The Labute approximate surface area is 87.7 Å². The quantitative estimate of drug-likeness (QED) is 0.777. The first-order chi connectivity index (χ1) is 6.22. The number of thioether (sulfide) groups is 1. The van der Waals surface area contributed by atoms with E-state index in [2.05, 4.69) is 13.0 Å². The Morgan fingerprint density at radius 2 is 2.31 bits per heavy atom. The summed E-state index contributed by atoms with van der Waals surface area (Å²) in [5.41, 5.74) is 7.10. The van der Waals surface area contributed by atoms with Gasteiger partial charge in [-0.15, -0.1) is 11.8 Å². The van der Waals surface area contributed by atoms with Crippen LogP contribution in [0, 0.1) is 0 Å². The first kappa shape index (κ1) is 9.38. The summed E-state index contributed by atoms with van der Waals surface area (Å²) >= 11 is 7.79. The average molecular weight is 214 g/mol. The van der Waals surface area contributed by atoms with Gasteiger partial charge in [0, 0.05) is 27.6 Å². The Balaban J connectivity index is 2.42. The number of rotatable bonds is 1. The van der Waals surface area contributed by atoms with E-state index in [1.54, 1.807) is 0 Å². The molecule has 0 aliphatic carbocycles. The third-order valence-corrected chi connectivity index (χ3v) is 4.05. The third-order valence-electron chi connectivity index (χ3n) is 2.51. The molecule has 0 amide bonds. The summed E-state index contributed by atoms with van der Waals surface area (Å²) in [5, 5.41) is 1.40. The average Bonchev–Trinajstić information content (AvgIpc) is 2.39. The molecule has 1 nitrogen and oxygen atoms in total. The van der Waals surface area contributed by atoms with Gasteiger partial charge in [-0.05, 0) is 17.7 Å². The summed E-state index contributed by atoms with van der Waals surface area (Å²) < 4.78 is 0. The highest BCUT2D eigenvalue weighted by molar-refractivity contribution is 8.00. The fraction of sp³-hybridized carbons (Fsp3) is 0.400. The van der Waals surface area contributed by atoms with Gasteiger partial charge in [-0.1, -0.05) is 24.6 Å². The van der Waals surface area contributed by atoms with E-state index in [0.717, 1.165) is 11.6 Å². The van der Waals surface area contributed by atoms with Gasteiger partial charge in [-0.2, -0.15) is 0 Å².